The summed E-state index contributed by atoms with van der Waals surface area (Å²) in [5, 5.41) is 3.73. The highest BCUT2D eigenvalue weighted by Crippen LogP contribution is 2.33. The van der Waals surface area contributed by atoms with E-state index in [2.05, 4.69) is 71.5 Å². The molecule has 0 radical (unpaired) electrons. The molecule has 1 atom stereocenters. The third kappa shape index (κ3) is 4.56. The van der Waals surface area contributed by atoms with Crippen LogP contribution in [0, 0.1) is 5.92 Å². The Hall–Kier alpha value is -0.350. The number of thiophene rings is 1. The van der Waals surface area contributed by atoms with Crippen LogP contribution in [0.2, 0.25) is 4.34 Å². The van der Waals surface area contributed by atoms with Gasteiger partial charge >= 0.3 is 0 Å². The standard InChI is InChI=1S/C17H21BrClNS/c1-3-12(4-2)16(13-8-6-5-7-9-13)20-11-14-10-15(18)17(19)21-14/h5-10,12,16,20H,3-4,11H2,1-2H3. The first-order chi connectivity index (χ1) is 10.2. The van der Waals surface area contributed by atoms with Crippen molar-refractivity contribution in [2.24, 2.45) is 5.92 Å². The number of hydrogen-bond donors (Lipinski definition) is 1. The zero-order valence-corrected chi connectivity index (χ0v) is 15.6. The monoisotopic (exact) mass is 385 g/mol. The zero-order valence-electron chi connectivity index (χ0n) is 12.4. The highest BCUT2D eigenvalue weighted by molar-refractivity contribution is 9.10. The van der Waals surface area contributed by atoms with Gasteiger partial charge in [-0.1, -0.05) is 68.6 Å². The molecule has 2 aromatic rings. The molecule has 4 heteroatoms. The van der Waals surface area contributed by atoms with Crippen LogP contribution in [0.3, 0.4) is 0 Å². The van der Waals surface area contributed by atoms with Gasteiger partial charge in [-0.05, 0) is 33.5 Å². The number of rotatable bonds is 7. The molecule has 21 heavy (non-hydrogen) atoms. The summed E-state index contributed by atoms with van der Waals surface area (Å²) < 4.78 is 1.82. The molecular formula is C17H21BrClNS. The van der Waals surface area contributed by atoms with Crippen LogP contribution in [0.25, 0.3) is 0 Å². The highest BCUT2D eigenvalue weighted by atomic mass is 79.9. The fraction of sp³-hybridized carbons (Fsp3) is 0.412. The quantitative estimate of drug-likeness (QED) is 0.578. The smallest absolute Gasteiger partial charge is 0.107 e. The van der Waals surface area contributed by atoms with Crippen molar-refractivity contribution in [1.29, 1.82) is 0 Å². The van der Waals surface area contributed by atoms with E-state index in [0.29, 0.717) is 12.0 Å². The van der Waals surface area contributed by atoms with Crippen molar-refractivity contribution in [3.63, 3.8) is 0 Å². The molecule has 0 saturated heterocycles. The highest BCUT2D eigenvalue weighted by Gasteiger charge is 2.20. The molecule has 1 unspecified atom stereocenters. The van der Waals surface area contributed by atoms with Crippen molar-refractivity contribution < 1.29 is 0 Å². The number of hydrogen-bond acceptors (Lipinski definition) is 2. The maximum atomic E-state index is 6.12. The second-order valence-electron chi connectivity index (χ2n) is 5.18. The molecule has 0 aliphatic rings. The van der Waals surface area contributed by atoms with E-state index in [1.165, 1.54) is 23.3 Å². The molecule has 0 spiro atoms. The molecule has 0 fully saturated rings. The molecule has 0 amide bonds. The average molecular weight is 387 g/mol. The summed E-state index contributed by atoms with van der Waals surface area (Å²) in [6, 6.07) is 13.2. The summed E-state index contributed by atoms with van der Waals surface area (Å²) >= 11 is 11.2. The van der Waals surface area contributed by atoms with E-state index in [0.717, 1.165) is 15.4 Å². The van der Waals surface area contributed by atoms with Crippen LogP contribution in [0.4, 0.5) is 0 Å². The summed E-state index contributed by atoms with van der Waals surface area (Å²) in [5.41, 5.74) is 1.37. The van der Waals surface area contributed by atoms with Gasteiger partial charge in [0.1, 0.15) is 4.34 Å². The first-order valence-electron chi connectivity index (χ1n) is 7.37. The molecule has 0 saturated carbocycles. The molecule has 0 aliphatic carbocycles. The van der Waals surface area contributed by atoms with Gasteiger partial charge < -0.3 is 5.32 Å². The van der Waals surface area contributed by atoms with E-state index < -0.39 is 0 Å². The van der Waals surface area contributed by atoms with Gasteiger partial charge in [-0.25, -0.2) is 0 Å². The van der Waals surface area contributed by atoms with Gasteiger partial charge in [0.15, 0.2) is 0 Å². The number of nitrogens with one attached hydrogen (secondary N) is 1. The van der Waals surface area contributed by atoms with E-state index in [1.807, 2.05) is 0 Å². The molecule has 1 aromatic heterocycles. The lowest BCUT2D eigenvalue weighted by atomic mass is 9.89. The maximum Gasteiger partial charge on any atom is 0.107 e. The van der Waals surface area contributed by atoms with Crippen molar-refractivity contribution in [2.45, 2.75) is 39.3 Å². The minimum atomic E-state index is 0.390. The Morgan fingerprint density at radius 1 is 1.19 bits per heavy atom. The zero-order chi connectivity index (χ0) is 15.2. The van der Waals surface area contributed by atoms with E-state index in [1.54, 1.807) is 11.3 Å². The summed E-state index contributed by atoms with van der Waals surface area (Å²) in [4.78, 5) is 1.26. The lowest BCUT2D eigenvalue weighted by molar-refractivity contribution is 0.340. The summed E-state index contributed by atoms with van der Waals surface area (Å²) in [7, 11) is 0. The molecular weight excluding hydrogens is 366 g/mol. The second kappa shape index (κ2) is 8.33. The third-order valence-corrected chi connectivity index (χ3v) is 6.35. The molecule has 1 N–H and O–H groups in total. The molecule has 1 heterocycles. The van der Waals surface area contributed by atoms with Crippen molar-refractivity contribution in [3.8, 4) is 0 Å². The first-order valence-corrected chi connectivity index (χ1v) is 9.36. The predicted molar refractivity (Wildman–Crippen MR) is 97.1 cm³/mol. The minimum Gasteiger partial charge on any atom is -0.305 e. The number of halogens is 2. The van der Waals surface area contributed by atoms with Gasteiger partial charge in [0.25, 0.3) is 0 Å². The second-order valence-corrected chi connectivity index (χ2v) is 7.77. The van der Waals surface area contributed by atoms with Crippen molar-refractivity contribution in [3.05, 3.63) is 55.6 Å². The van der Waals surface area contributed by atoms with Crippen LogP contribution in [0.15, 0.2) is 40.9 Å². The Morgan fingerprint density at radius 3 is 2.38 bits per heavy atom. The Kier molecular flexibility index (Phi) is 6.74. The number of benzene rings is 1. The Morgan fingerprint density at radius 2 is 1.86 bits per heavy atom. The lowest BCUT2D eigenvalue weighted by Gasteiger charge is -2.27. The maximum absolute atomic E-state index is 6.12. The van der Waals surface area contributed by atoms with Crippen LogP contribution in [-0.4, -0.2) is 0 Å². The molecule has 114 valence electrons. The lowest BCUT2D eigenvalue weighted by Crippen LogP contribution is -2.27. The van der Waals surface area contributed by atoms with Crippen LogP contribution >= 0.6 is 38.9 Å². The van der Waals surface area contributed by atoms with E-state index in [9.17, 15) is 0 Å². The molecule has 1 nitrogen and oxygen atoms in total. The van der Waals surface area contributed by atoms with E-state index in [4.69, 9.17) is 11.6 Å². The van der Waals surface area contributed by atoms with Crippen LogP contribution in [0.5, 0.6) is 0 Å². The fourth-order valence-electron chi connectivity index (χ4n) is 2.67. The summed E-state index contributed by atoms with van der Waals surface area (Å²) in [6.07, 6.45) is 2.36. The first kappa shape index (κ1) is 17.0. The summed E-state index contributed by atoms with van der Waals surface area (Å²) in [5.74, 6) is 0.645. The van der Waals surface area contributed by atoms with Gasteiger partial charge in [0.2, 0.25) is 0 Å². The van der Waals surface area contributed by atoms with Gasteiger partial charge in [0, 0.05) is 21.9 Å². The Labute approximate surface area is 144 Å². The van der Waals surface area contributed by atoms with Crippen LogP contribution in [-0.2, 0) is 6.54 Å². The van der Waals surface area contributed by atoms with Crippen molar-refractivity contribution >= 4 is 38.9 Å². The van der Waals surface area contributed by atoms with Gasteiger partial charge in [-0.2, -0.15) is 0 Å². The van der Waals surface area contributed by atoms with Gasteiger partial charge in [-0.3, -0.25) is 0 Å². The normalized spacial score (nSPS) is 12.8. The van der Waals surface area contributed by atoms with Crippen LogP contribution < -0.4 is 5.32 Å². The molecule has 2 rings (SSSR count). The molecule has 1 aromatic carbocycles. The Bertz CT molecular complexity index is 532. The average Bonchev–Trinajstić information content (AvgIpc) is 2.83. The van der Waals surface area contributed by atoms with Gasteiger partial charge in [-0.15, -0.1) is 11.3 Å². The SMILES string of the molecule is CCC(CC)C(NCc1cc(Br)c(Cl)s1)c1ccccc1. The topological polar surface area (TPSA) is 12.0 Å². The predicted octanol–water partition coefficient (Wildman–Crippen LogP) is 6.43. The van der Waals surface area contributed by atoms with Crippen molar-refractivity contribution in [2.75, 3.05) is 0 Å². The molecule has 0 bridgehead atoms. The van der Waals surface area contributed by atoms with Gasteiger partial charge in [0.05, 0.1) is 0 Å². The summed E-state index contributed by atoms with van der Waals surface area (Å²) in [6.45, 7) is 5.39. The fourth-order valence-corrected chi connectivity index (χ4v) is 4.41. The minimum absolute atomic E-state index is 0.390. The molecule has 0 aliphatic heterocycles. The van der Waals surface area contributed by atoms with E-state index in [-0.39, 0.29) is 0 Å². The van der Waals surface area contributed by atoms with Crippen molar-refractivity contribution in [1.82, 2.24) is 5.32 Å². The Balaban J connectivity index is 2.12. The third-order valence-electron chi connectivity index (χ3n) is 3.87. The largest absolute Gasteiger partial charge is 0.305 e. The van der Waals surface area contributed by atoms with E-state index >= 15 is 0 Å². The van der Waals surface area contributed by atoms with Crippen LogP contribution in [0.1, 0.15) is 43.2 Å².